The summed E-state index contributed by atoms with van der Waals surface area (Å²) in [7, 11) is 0. The van der Waals surface area contributed by atoms with E-state index in [1.54, 1.807) is 0 Å². The topological polar surface area (TPSA) is 105 Å². The summed E-state index contributed by atoms with van der Waals surface area (Å²) in [6, 6.07) is 1.10. The van der Waals surface area contributed by atoms with Crippen LogP contribution in [0.2, 0.25) is 0 Å². The molecule has 7 nitrogen and oxygen atoms in total. The Morgan fingerprint density at radius 3 is 2.78 bits per heavy atom. The first kappa shape index (κ1) is 12.9. The summed E-state index contributed by atoms with van der Waals surface area (Å²) < 4.78 is 19.1. The van der Waals surface area contributed by atoms with E-state index in [0.29, 0.717) is 0 Å². The maximum Gasteiger partial charge on any atom is 0.330 e. The molecular weight excluding hydrogens is 247 g/mol. The second-order valence-corrected chi connectivity index (χ2v) is 4.07. The van der Waals surface area contributed by atoms with Crippen LogP contribution in [0, 0.1) is 5.92 Å². The third kappa shape index (κ3) is 2.09. The van der Waals surface area contributed by atoms with E-state index in [0.717, 1.165) is 10.6 Å². The summed E-state index contributed by atoms with van der Waals surface area (Å²) in [6.45, 7) is -1.39. The predicted molar refractivity (Wildman–Crippen MR) is 57.8 cm³/mol. The van der Waals surface area contributed by atoms with Crippen molar-refractivity contribution < 1.29 is 19.3 Å². The SMILES string of the molecule is O=c1ccn(C2OC(CO)C(O)C2CF)c(=O)[nH]1. The molecule has 1 aromatic rings. The maximum absolute atomic E-state index is 12.9. The Morgan fingerprint density at radius 1 is 1.50 bits per heavy atom. The molecule has 100 valence electrons. The number of H-pyrrole nitrogens is 1. The zero-order chi connectivity index (χ0) is 13.3. The van der Waals surface area contributed by atoms with Crippen LogP contribution in [0.1, 0.15) is 6.23 Å². The van der Waals surface area contributed by atoms with E-state index < -0.39 is 48.9 Å². The van der Waals surface area contributed by atoms with Gasteiger partial charge in [0.25, 0.3) is 5.56 Å². The van der Waals surface area contributed by atoms with E-state index in [1.807, 2.05) is 4.98 Å². The van der Waals surface area contributed by atoms with Crippen LogP contribution in [0.3, 0.4) is 0 Å². The monoisotopic (exact) mass is 260 g/mol. The predicted octanol–water partition coefficient (Wildman–Crippen LogP) is -1.63. The van der Waals surface area contributed by atoms with Gasteiger partial charge in [0.1, 0.15) is 12.3 Å². The molecule has 1 aromatic heterocycles. The number of aliphatic hydroxyl groups excluding tert-OH is 2. The molecule has 3 N–H and O–H groups in total. The highest BCUT2D eigenvalue weighted by Gasteiger charge is 2.44. The van der Waals surface area contributed by atoms with Crippen molar-refractivity contribution in [2.45, 2.75) is 18.4 Å². The lowest BCUT2D eigenvalue weighted by molar-refractivity contribution is -0.0486. The fourth-order valence-corrected chi connectivity index (χ4v) is 2.02. The number of alkyl halides is 1. The van der Waals surface area contributed by atoms with Gasteiger partial charge in [-0.3, -0.25) is 18.7 Å². The van der Waals surface area contributed by atoms with Crippen LogP contribution >= 0.6 is 0 Å². The summed E-state index contributed by atoms with van der Waals surface area (Å²) in [5, 5.41) is 18.7. The highest BCUT2D eigenvalue weighted by Crippen LogP contribution is 2.33. The van der Waals surface area contributed by atoms with Gasteiger partial charge in [0, 0.05) is 12.3 Å². The molecule has 8 heteroatoms. The van der Waals surface area contributed by atoms with Gasteiger partial charge < -0.3 is 14.9 Å². The summed E-state index contributed by atoms with van der Waals surface area (Å²) in [4.78, 5) is 24.5. The molecule has 2 rings (SSSR count). The maximum atomic E-state index is 12.9. The second-order valence-electron chi connectivity index (χ2n) is 4.07. The molecule has 0 amide bonds. The number of hydrogen-bond acceptors (Lipinski definition) is 5. The van der Waals surface area contributed by atoms with Gasteiger partial charge in [-0.05, 0) is 0 Å². The lowest BCUT2D eigenvalue weighted by Gasteiger charge is -2.18. The fraction of sp³-hybridized carbons (Fsp3) is 0.600. The fourth-order valence-electron chi connectivity index (χ4n) is 2.02. The molecule has 0 aliphatic carbocycles. The molecule has 0 saturated carbocycles. The molecule has 1 aliphatic rings. The van der Waals surface area contributed by atoms with Crippen LogP contribution in [0.25, 0.3) is 0 Å². The first-order chi connectivity index (χ1) is 8.58. The Bertz CT molecular complexity index is 527. The molecule has 4 atom stereocenters. The zero-order valence-corrected chi connectivity index (χ0v) is 9.32. The minimum atomic E-state index is -1.20. The van der Waals surface area contributed by atoms with Gasteiger partial charge in [-0.25, -0.2) is 4.79 Å². The van der Waals surface area contributed by atoms with Crippen molar-refractivity contribution in [2.75, 3.05) is 13.3 Å². The quantitative estimate of drug-likeness (QED) is 0.605. The van der Waals surface area contributed by atoms with Gasteiger partial charge in [-0.15, -0.1) is 0 Å². The van der Waals surface area contributed by atoms with E-state index in [1.165, 1.54) is 6.20 Å². The van der Waals surface area contributed by atoms with Crippen molar-refractivity contribution in [3.05, 3.63) is 33.1 Å². The van der Waals surface area contributed by atoms with Gasteiger partial charge in [-0.2, -0.15) is 0 Å². The van der Waals surface area contributed by atoms with Crippen molar-refractivity contribution in [3.63, 3.8) is 0 Å². The molecule has 0 bridgehead atoms. The van der Waals surface area contributed by atoms with Crippen molar-refractivity contribution in [3.8, 4) is 0 Å². The first-order valence-electron chi connectivity index (χ1n) is 5.40. The van der Waals surface area contributed by atoms with Crippen LogP contribution in [0.4, 0.5) is 4.39 Å². The largest absolute Gasteiger partial charge is 0.394 e. The first-order valence-corrected chi connectivity index (χ1v) is 5.40. The summed E-state index contributed by atoms with van der Waals surface area (Å²) >= 11 is 0. The number of ether oxygens (including phenoxy) is 1. The minimum Gasteiger partial charge on any atom is -0.394 e. The Balaban J connectivity index is 2.38. The van der Waals surface area contributed by atoms with Crippen LogP contribution in [-0.4, -0.2) is 45.3 Å². The van der Waals surface area contributed by atoms with Gasteiger partial charge in [0.05, 0.1) is 25.3 Å². The minimum absolute atomic E-state index is 0.480. The van der Waals surface area contributed by atoms with Gasteiger partial charge in [-0.1, -0.05) is 0 Å². The number of rotatable bonds is 3. The highest BCUT2D eigenvalue weighted by molar-refractivity contribution is 4.92. The van der Waals surface area contributed by atoms with Crippen LogP contribution in [0.5, 0.6) is 0 Å². The standard InChI is InChI=1S/C10H13FN2O5/c11-3-5-8(16)6(4-14)18-9(5)13-2-1-7(15)12-10(13)17/h1-2,5-6,8-9,14,16H,3-4H2,(H,12,15,17). The van der Waals surface area contributed by atoms with Gasteiger partial charge in [0.15, 0.2) is 0 Å². The van der Waals surface area contributed by atoms with E-state index in [-0.39, 0.29) is 0 Å². The number of aromatic amines is 1. The Hall–Kier alpha value is -1.51. The molecule has 18 heavy (non-hydrogen) atoms. The van der Waals surface area contributed by atoms with Crippen LogP contribution < -0.4 is 11.2 Å². The number of nitrogens with one attached hydrogen (secondary N) is 1. The summed E-state index contributed by atoms with van der Waals surface area (Å²) in [5.41, 5.74) is -1.33. The highest BCUT2D eigenvalue weighted by atomic mass is 19.1. The van der Waals surface area contributed by atoms with Crippen molar-refractivity contribution >= 4 is 0 Å². The second kappa shape index (κ2) is 5.01. The normalized spacial score (nSPS) is 31.7. The van der Waals surface area contributed by atoms with Crippen LogP contribution in [-0.2, 0) is 4.74 Å². The van der Waals surface area contributed by atoms with E-state index in [4.69, 9.17) is 9.84 Å². The Morgan fingerprint density at radius 2 is 2.22 bits per heavy atom. The van der Waals surface area contributed by atoms with Gasteiger partial charge in [0.2, 0.25) is 0 Å². The van der Waals surface area contributed by atoms with Crippen molar-refractivity contribution in [1.82, 2.24) is 9.55 Å². The van der Waals surface area contributed by atoms with Crippen LogP contribution in [0.15, 0.2) is 21.9 Å². The smallest absolute Gasteiger partial charge is 0.330 e. The Kier molecular flexibility index (Phi) is 3.60. The average Bonchev–Trinajstić information content (AvgIpc) is 2.65. The molecular formula is C10H13FN2O5. The number of hydrogen-bond donors (Lipinski definition) is 3. The van der Waals surface area contributed by atoms with E-state index in [9.17, 15) is 19.1 Å². The summed E-state index contributed by atoms with van der Waals surface area (Å²) in [5.74, 6) is -0.967. The van der Waals surface area contributed by atoms with Crippen molar-refractivity contribution in [2.24, 2.45) is 5.92 Å². The lowest BCUT2D eigenvalue weighted by atomic mass is 10.0. The third-order valence-corrected chi connectivity index (χ3v) is 2.98. The number of halogens is 1. The molecule has 1 aliphatic heterocycles. The molecule has 4 unspecified atom stereocenters. The molecule has 2 heterocycles. The molecule has 0 aromatic carbocycles. The number of nitrogens with zero attached hydrogens (tertiary/aromatic N) is 1. The Labute approximate surface area is 100 Å². The lowest BCUT2D eigenvalue weighted by Crippen LogP contribution is -2.35. The van der Waals surface area contributed by atoms with Crippen molar-refractivity contribution in [1.29, 1.82) is 0 Å². The van der Waals surface area contributed by atoms with E-state index >= 15 is 0 Å². The van der Waals surface area contributed by atoms with E-state index in [2.05, 4.69) is 0 Å². The molecule has 0 radical (unpaired) electrons. The summed E-state index contributed by atoms with van der Waals surface area (Å²) in [6.07, 6.45) is -2.04. The zero-order valence-electron chi connectivity index (χ0n) is 9.32. The number of aromatic nitrogens is 2. The molecule has 0 spiro atoms. The number of aliphatic hydroxyl groups is 2. The average molecular weight is 260 g/mol. The van der Waals surface area contributed by atoms with Gasteiger partial charge >= 0.3 is 5.69 Å². The third-order valence-electron chi connectivity index (χ3n) is 2.98. The molecule has 1 saturated heterocycles. The molecule has 1 fully saturated rings.